The summed E-state index contributed by atoms with van der Waals surface area (Å²) >= 11 is 0. The largest absolute Gasteiger partial charge is 0.351 e. The number of benzene rings is 2. The van der Waals surface area contributed by atoms with Gasteiger partial charge in [0.15, 0.2) is 0 Å². The Morgan fingerprint density at radius 3 is 2.50 bits per heavy atom. The third kappa shape index (κ3) is 4.67. The summed E-state index contributed by atoms with van der Waals surface area (Å²) in [6.45, 7) is 4.51. The van der Waals surface area contributed by atoms with E-state index in [4.69, 9.17) is 0 Å². The number of halogens is 1. The standard InChI is InChI=1S/C18H21FN2O/c1-13-7-9-15(10-8-13)11-21-18(22)12-20-14(2)16-5-3-4-6-17(16)19/h3-10,14,20H,11-12H2,1-2H3,(H,21,22). The second-order valence-electron chi connectivity index (χ2n) is 5.39. The molecule has 0 fully saturated rings. The Kier molecular flexibility index (Phi) is 5.67. The van der Waals surface area contributed by atoms with Crippen molar-refractivity contribution in [2.24, 2.45) is 0 Å². The molecule has 2 aromatic carbocycles. The zero-order valence-electron chi connectivity index (χ0n) is 12.9. The van der Waals surface area contributed by atoms with Crippen LogP contribution in [0.25, 0.3) is 0 Å². The van der Waals surface area contributed by atoms with E-state index < -0.39 is 0 Å². The van der Waals surface area contributed by atoms with Crippen LogP contribution >= 0.6 is 0 Å². The first kappa shape index (κ1) is 16.2. The summed E-state index contributed by atoms with van der Waals surface area (Å²) in [6, 6.07) is 14.4. The van der Waals surface area contributed by atoms with Gasteiger partial charge in [0.1, 0.15) is 5.82 Å². The van der Waals surface area contributed by atoms with Crippen molar-refractivity contribution in [1.82, 2.24) is 10.6 Å². The number of hydrogen-bond donors (Lipinski definition) is 2. The Bertz CT molecular complexity index is 625. The lowest BCUT2D eigenvalue weighted by atomic mass is 10.1. The molecule has 0 saturated heterocycles. The molecule has 1 amide bonds. The van der Waals surface area contributed by atoms with Gasteiger partial charge in [-0.25, -0.2) is 4.39 Å². The van der Waals surface area contributed by atoms with E-state index in [9.17, 15) is 9.18 Å². The van der Waals surface area contributed by atoms with Crippen molar-refractivity contribution in [3.63, 3.8) is 0 Å². The molecule has 116 valence electrons. The fraction of sp³-hybridized carbons (Fsp3) is 0.278. The average Bonchev–Trinajstić information content (AvgIpc) is 2.52. The molecular formula is C18H21FN2O. The summed E-state index contributed by atoms with van der Waals surface area (Å²) in [5.41, 5.74) is 2.81. The molecule has 0 heterocycles. The quantitative estimate of drug-likeness (QED) is 0.860. The van der Waals surface area contributed by atoms with Gasteiger partial charge in [0.05, 0.1) is 6.54 Å². The topological polar surface area (TPSA) is 41.1 Å². The van der Waals surface area contributed by atoms with Crippen molar-refractivity contribution in [2.75, 3.05) is 6.54 Å². The van der Waals surface area contributed by atoms with Gasteiger partial charge in [0.25, 0.3) is 0 Å². The second kappa shape index (κ2) is 7.71. The van der Waals surface area contributed by atoms with Crippen LogP contribution in [0.3, 0.4) is 0 Å². The van der Waals surface area contributed by atoms with E-state index in [-0.39, 0.29) is 24.3 Å². The van der Waals surface area contributed by atoms with Gasteiger partial charge >= 0.3 is 0 Å². The molecule has 0 bridgehead atoms. The van der Waals surface area contributed by atoms with Crippen LogP contribution < -0.4 is 10.6 Å². The highest BCUT2D eigenvalue weighted by atomic mass is 19.1. The monoisotopic (exact) mass is 300 g/mol. The Morgan fingerprint density at radius 2 is 1.82 bits per heavy atom. The van der Waals surface area contributed by atoms with Crippen molar-refractivity contribution in [2.45, 2.75) is 26.4 Å². The van der Waals surface area contributed by atoms with Gasteiger partial charge in [-0.2, -0.15) is 0 Å². The zero-order chi connectivity index (χ0) is 15.9. The zero-order valence-corrected chi connectivity index (χ0v) is 12.9. The van der Waals surface area contributed by atoms with Crippen molar-refractivity contribution < 1.29 is 9.18 Å². The summed E-state index contributed by atoms with van der Waals surface area (Å²) in [5, 5.41) is 5.88. The van der Waals surface area contributed by atoms with Crippen LogP contribution in [-0.4, -0.2) is 12.5 Å². The summed E-state index contributed by atoms with van der Waals surface area (Å²) in [5.74, 6) is -0.369. The lowest BCUT2D eigenvalue weighted by Gasteiger charge is -2.15. The molecule has 0 aliphatic heterocycles. The van der Waals surface area contributed by atoms with Gasteiger partial charge in [0, 0.05) is 18.2 Å². The van der Waals surface area contributed by atoms with Crippen LogP contribution in [0.4, 0.5) is 4.39 Å². The van der Waals surface area contributed by atoms with Gasteiger partial charge in [-0.05, 0) is 25.5 Å². The van der Waals surface area contributed by atoms with Gasteiger partial charge in [0.2, 0.25) is 5.91 Å². The van der Waals surface area contributed by atoms with Crippen LogP contribution in [0.2, 0.25) is 0 Å². The van der Waals surface area contributed by atoms with Crippen molar-refractivity contribution in [1.29, 1.82) is 0 Å². The lowest BCUT2D eigenvalue weighted by Crippen LogP contribution is -2.34. The fourth-order valence-electron chi connectivity index (χ4n) is 2.15. The highest BCUT2D eigenvalue weighted by Crippen LogP contribution is 2.15. The summed E-state index contributed by atoms with van der Waals surface area (Å²) < 4.78 is 13.6. The average molecular weight is 300 g/mol. The van der Waals surface area contributed by atoms with Crippen LogP contribution in [0.5, 0.6) is 0 Å². The van der Waals surface area contributed by atoms with Crippen LogP contribution in [-0.2, 0) is 11.3 Å². The maximum absolute atomic E-state index is 13.6. The van der Waals surface area contributed by atoms with Gasteiger partial charge in [-0.1, -0.05) is 48.0 Å². The molecule has 0 spiro atoms. The predicted octanol–water partition coefficient (Wildman–Crippen LogP) is 3.10. The van der Waals surface area contributed by atoms with Crippen molar-refractivity contribution in [3.05, 3.63) is 71.0 Å². The molecule has 0 radical (unpaired) electrons. The first-order chi connectivity index (χ1) is 10.6. The minimum atomic E-state index is -0.262. The van der Waals surface area contributed by atoms with E-state index >= 15 is 0 Å². The molecule has 2 N–H and O–H groups in total. The van der Waals surface area contributed by atoms with E-state index in [1.165, 1.54) is 11.6 Å². The minimum absolute atomic E-state index is 0.108. The van der Waals surface area contributed by atoms with Crippen LogP contribution in [0.1, 0.15) is 29.7 Å². The van der Waals surface area contributed by atoms with E-state index in [1.807, 2.05) is 38.1 Å². The summed E-state index contributed by atoms with van der Waals surface area (Å²) in [6.07, 6.45) is 0. The number of carbonyl (C=O) groups is 1. The number of rotatable bonds is 6. The molecule has 0 aromatic heterocycles. The predicted molar refractivity (Wildman–Crippen MR) is 85.8 cm³/mol. The molecule has 4 heteroatoms. The Hall–Kier alpha value is -2.20. The summed E-state index contributed by atoms with van der Waals surface area (Å²) in [7, 11) is 0. The highest BCUT2D eigenvalue weighted by molar-refractivity contribution is 5.78. The molecule has 1 atom stereocenters. The van der Waals surface area contributed by atoms with Gasteiger partial charge in [-0.3, -0.25) is 4.79 Å². The maximum atomic E-state index is 13.6. The number of amides is 1. The maximum Gasteiger partial charge on any atom is 0.234 e. The molecule has 0 aliphatic carbocycles. The minimum Gasteiger partial charge on any atom is -0.351 e. The highest BCUT2D eigenvalue weighted by Gasteiger charge is 2.11. The van der Waals surface area contributed by atoms with Crippen LogP contribution in [0, 0.1) is 12.7 Å². The molecule has 2 aromatic rings. The first-order valence-corrected chi connectivity index (χ1v) is 7.36. The molecule has 0 saturated carbocycles. The first-order valence-electron chi connectivity index (χ1n) is 7.36. The third-order valence-electron chi connectivity index (χ3n) is 3.55. The Balaban J connectivity index is 1.78. The van der Waals surface area contributed by atoms with Gasteiger partial charge < -0.3 is 10.6 Å². The smallest absolute Gasteiger partial charge is 0.234 e. The van der Waals surface area contributed by atoms with Crippen LogP contribution in [0.15, 0.2) is 48.5 Å². The molecular weight excluding hydrogens is 279 g/mol. The Labute approximate surface area is 130 Å². The molecule has 0 aliphatic rings. The SMILES string of the molecule is Cc1ccc(CNC(=O)CNC(C)c2ccccc2F)cc1. The molecule has 3 nitrogen and oxygen atoms in total. The van der Waals surface area contributed by atoms with E-state index in [2.05, 4.69) is 10.6 Å². The second-order valence-corrected chi connectivity index (χ2v) is 5.39. The van der Waals surface area contributed by atoms with Crippen molar-refractivity contribution in [3.8, 4) is 0 Å². The molecule has 22 heavy (non-hydrogen) atoms. The number of aryl methyl sites for hydroxylation is 1. The molecule has 1 unspecified atom stereocenters. The Morgan fingerprint density at radius 1 is 1.14 bits per heavy atom. The van der Waals surface area contributed by atoms with Crippen molar-refractivity contribution >= 4 is 5.91 Å². The summed E-state index contributed by atoms with van der Waals surface area (Å²) in [4.78, 5) is 11.8. The molecule has 2 rings (SSSR count). The lowest BCUT2D eigenvalue weighted by molar-refractivity contribution is -0.120. The van der Waals surface area contributed by atoms with E-state index in [0.717, 1.165) is 5.56 Å². The number of nitrogens with one attached hydrogen (secondary N) is 2. The van der Waals surface area contributed by atoms with Gasteiger partial charge in [-0.15, -0.1) is 0 Å². The fourth-order valence-corrected chi connectivity index (χ4v) is 2.15. The third-order valence-corrected chi connectivity index (χ3v) is 3.55. The van der Waals surface area contributed by atoms with E-state index in [1.54, 1.807) is 18.2 Å². The van der Waals surface area contributed by atoms with E-state index in [0.29, 0.717) is 12.1 Å². The number of hydrogen-bond acceptors (Lipinski definition) is 2. The number of carbonyl (C=O) groups excluding carboxylic acids is 1. The normalized spacial score (nSPS) is 12.0.